The van der Waals surface area contributed by atoms with E-state index < -0.39 is 0 Å². The van der Waals surface area contributed by atoms with Gasteiger partial charge in [0.1, 0.15) is 5.82 Å². The molecule has 3 N–H and O–H groups in total. The highest BCUT2D eigenvalue weighted by Crippen LogP contribution is 2.15. The summed E-state index contributed by atoms with van der Waals surface area (Å²) in [6.45, 7) is 2.34. The summed E-state index contributed by atoms with van der Waals surface area (Å²) >= 11 is 0. The highest BCUT2D eigenvalue weighted by molar-refractivity contribution is 5.78. The third-order valence-corrected chi connectivity index (χ3v) is 3.22. The second-order valence-electron chi connectivity index (χ2n) is 4.71. The van der Waals surface area contributed by atoms with Crippen LogP contribution in [0.2, 0.25) is 0 Å². The van der Waals surface area contributed by atoms with E-state index in [9.17, 15) is 9.18 Å². The van der Waals surface area contributed by atoms with Crippen molar-refractivity contribution in [1.82, 2.24) is 5.32 Å². The van der Waals surface area contributed by atoms with E-state index in [0.717, 1.165) is 11.1 Å². The van der Waals surface area contributed by atoms with E-state index in [1.165, 1.54) is 12.1 Å². The van der Waals surface area contributed by atoms with Gasteiger partial charge < -0.3 is 11.1 Å². The average Bonchev–Trinajstić information content (AvgIpc) is 2.40. The van der Waals surface area contributed by atoms with E-state index in [2.05, 4.69) is 5.32 Å². The summed E-state index contributed by atoms with van der Waals surface area (Å²) in [5.74, 6) is -0.473. The van der Waals surface area contributed by atoms with Gasteiger partial charge in [0.05, 0.1) is 6.42 Å². The van der Waals surface area contributed by atoms with Crippen LogP contribution in [-0.2, 0) is 17.8 Å². The Kier molecular flexibility index (Phi) is 4.35. The molecule has 1 amide bonds. The first-order valence-corrected chi connectivity index (χ1v) is 6.41. The zero-order valence-corrected chi connectivity index (χ0v) is 11.3. The van der Waals surface area contributed by atoms with Crippen LogP contribution in [0.1, 0.15) is 16.7 Å². The Bertz CT molecular complexity index is 626. The Morgan fingerprint density at radius 1 is 1.25 bits per heavy atom. The first-order chi connectivity index (χ1) is 9.56. The molecule has 3 nitrogen and oxygen atoms in total. The molecule has 0 atom stereocenters. The normalized spacial score (nSPS) is 10.3. The fraction of sp³-hybridized carbons (Fsp3) is 0.188. The van der Waals surface area contributed by atoms with E-state index in [4.69, 9.17) is 5.73 Å². The molecule has 0 fully saturated rings. The molecule has 104 valence electrons. The van der Waals surface area contributed by atoms with Crippen LogP contribution in [0, 0.1) is 12.7 Å². The number of rotatable bonds is 4. The molecule has 2 rings (SSSR count). The van der Waals surface area contributed by atoms with Gasteiger partial charge in [0, 0.05) is 12.2 Å². The predicted molar refractivity (Wildman–Crippen MR) is 77.5 cm³/mol. The monoisotopic (exact) mass is 272 g/mol. The summed E-state index contributed by atoms with van der Waals surface area (Å²) in [5.41, 5.74) is 9.14. The SMILES string of the molecule is Cc1c(N)cccc1CNC(=O)Cc1cccc(F)c1. The molecular formula is C16H17FN2O. The molecule has 0 spiro atoms. The largest absolute Gasteiger partial charge is 0.399 e. The van der Waals surface area contributed by atoms with Crippen molar-refractivity contribution in [2.75, 3.05) is 5.73 Å². The van der Waals surface area contributed by atoms with Crippen LogP contribution in [0.25, 0.3) is 0 Å². The number of carbonyl (C=O) groups is 1. The van der Waals surface area contributed by atoms with Gasteiger partial charge in [-0.3, -0.25) is 4.79 Å². The molecule has 0 aliphatic rings. The van der Waals surface area contributed by atoms with Crippen LogP contribution in [0.5, 0.6) is 0 Å². The lowest BCUT2D eigenvalue weighted by Gasteiger charge is -2.10. The number of hydrogen-bond donors (Lipinski definition) is 2. The van der Waals surface area contributed by atoms with Gasteiger partial charge in [-0.15, -0.1) is 0 Å². The fourth-order valence-electron chi connectivity index (χ4n) is 1.98. The van der Waals surface area contributed by atoms with Crippen molar-refractivity contribution >= 4 is 11.6 Å². The highest BCUT2D eigenvalue weighted by atomic mass is 19.1. The molecular weight excluding hydrogens is 255 g/mol. The van der Waals surface area contributed by atoms with Crippen molar-refractivity contribution in [3.8, 4) is 0 Å². The lowest BCUT2D eigenvalue weighted by Crippen LogP contribution is -2.25. The standard InChI is InChI=1S/C16H17FN2O/c1-11-13(5-3-7-15(11)18)10-19-16(20)9-12-4-2-6-14(17)8-12/h2-8H,9-10,18H2,1H3,(H,19,20). The van der Waals surface area contributed by atoms with E-state index >= 15 is 0 Å². The van der Waals surface area contributed by atoms with Gasteiger partial charge in [-0.25, -0.2) is 4.39 Å². The Labute approximate surface area is 117 Å². The van der Waals surface area contributed by atoms with Crippen LogP contribution in [0.4, 0.5) is 10.1 Å². The summed E-state index contributed by atoms with van der Waals surface area (Å²) in [4.78, 5) is 11.8. The summed E-state index contributed by atoms with van der Waals surface area (Å²) in [7, 11) is 0. The fourth-order valence-corrected chi connectivity index (χ4v) is 1.98. The van der Waals surface area contributed by atoms with Gasteiger partial charge in [0.2, 0.25) is 5.91 Å². The first kappa shape index (κ1) is 14.1. The first-order valence-electron chi connectivity index (χ1n) is 6.41. The van der Waals surface area contributed by atoms with Crippen LogP contribution in [0.15, 0.2) is 42.5 Å². The minimum absolute atomic E-state index is 0.141. The molecule has 0 radical (unpaired) electrons. The Hall–Kier alpha value is -2.36. The topological polar surface area (TPSA) is 55.1 Å². The van der Waals surface area contributed by atoms with Gasteiger partial charge in [0.25, 0.3) is 0 Å². The number of halogens is 1. The zero-order valence-electron chi connectivity index (χ0n) is 11.3. The van der Waals surface area contributed by atoms with Crippen molar-refractivity contribution < 1.29 is 9.18 Å². The predicted octanol–water partition coefficient (Wildman–Crippen LogP) is 2.58. The maximum absolute atomic E-state index is 13.0. The Morgan fingerprint density at radius 3 is 2.75 bits per heavy atom. The second-order valence-corrected chi connectivity index (χ2v) is 4.71. The van der Waals surface area contributed by atoms with Gasteiger partial charge in [0.15, 0.2) is 0 Å². The lowest BCUT2D eigenvalue weighted by atomic mass is 10.1. The van der Waals surface area contributed by atoms with E-state index in [1.807, 2.05) is 25.1 Å². The highest BCUT2D eigenvalue weighted by Gasteiger charge is 2.06. The molecule has 0 unspecified atom stereocenters. The number of benzene rings is 2. The maximum Gasteiger partial charge on any atom is 0.224 e. The van der Waals surface area contributed by atoms with Crippen molar-refractivity contribution in [2.45, 2.75) is 19.9 Å². The summed E-state index contributed by atoms with van der Waals surface area (Å²) < 4.78 is 13.0. The van der Waals surface area contributed by atoms with E-state index in [1.54, 1.807) is 12.1 Å². The van der Waals surface area contributed by atoms with Gasteiger partial charge in [-0.05, 0) is 41.8 Å². The van der Waals surface area contributed by atoms with Crippen molar-refractivity contribution in [2.24, 2.45) is 0 Å². The molecule has 0 bridgehead atoms. The summed E-state index contributed by atoms with van der Waals surface area (Å²) in [5, 5.41) is 2.82. The molecule has 0 aromatic heterocycles. The Morgan fingerprint density at radius 2 is 2.00 bits per heavy atom. The number of amides is 1. The zero-order chi connectivity index (χ0) is 14.5. The molecule has 4 heteroatoms. The second kappa shape index (κ2) is 6.19. The van der Waals surface area contributed by atoms with Crippen LogP contribution in [-0.4, -0.2) is 5.91 Å². The average molecular weight is 272 g/mol. The molecule has 0 heterocycles. The summed E-state index contributed by atoms with van der Waals surface area (Å²) in [6, 6.07) is 11.7. The number of nitrogens with one attached hydrogen (secondary N) is 1. The minimum Gasteiger partial charge on any atom is -0.399 e. The van der Waals surface area contributed by atoms with Crippen molar-refractivity contribution in [3.05, 3.63) is 65.0 Å². The molecule has 20 heavy (non-hydrogen) atoms. The van der Waals surface area contributed by atoms with Crippen LogP contribution < -0.4 is 11.1 Å². The molecule has 0 saturated heterocycles. The number of nitrogens with two attached hydrogens (primary N) is 1. The maximum atomic E-state index is 13.0. The number of carbonyl (C=O) groups excluding carboxylic acids is 1. The van der Waals surface area contributed by atoms with Crippen molar-refractivity contribution in [3.63, 3.8) is 0 Å². The number of hydrogen-bond acceptors (Lipinski definition) is 2. The summed E-state index contributed by atoms with van der Waals surface area (Å²) in [6.07, 6.45) is 0.166. The third kappa shape index (κ3) is 3.57. The lowest BCUT2D eigenvalue weighted by molar-refractivity contribution is -0.120. The quantitative estimate of drug-likeness (QED) is 0.840. The van der Waals surface area contributed by atoms with Crippen LogP contribution >= 0.6 is 0 Å². The van der Waals surface area contributed by atoms with Crippen molar-refractivity contribution in [1.29, 1.82) is 0 Å². The Balaban J connectivity index is 1.94. The molecule has 2 aromatic carbocycles. The molecule has 0 aliphatic heterocycles. The minimum atomic E-state index is -0.332. The van der Waals surface area contributed by atoms with Crippen LogP contribution in [0.3, 0.4) is 0 Å². The van der Waals surface area contributed by atoms with Gasteiger partial charge in [-0.1, -0.05) is 24.3 Å². The number of anilines is 1. The molecule has 2 aromatic rings. The van der Waals surface area contributed by atoms with Gasteiger partial charge in [-0.2, -0.15) is 0 Å². The smallest absolute Gasteiger partial charge is 0.224 e. The third-order valence-electron chi connectivity index (χ3n) is 3.22. The molecule has 0 saturated carbocycles. The molecule has 0 aliphatic carbocycles. The van der Waals surface area contributed by atoms with E-state index in [-0.39, 0.29) is 18.1 Å². The number of nitrogen functional groups attached to an aromatic ring is 1. The van der Waals surface area contributed by atoms with E-state index in [0.29, 0.717) is 17.8 Å². The van der Waals surface area contributed by atoms with Gasteiger partial charge >= 0.3 is 0 Å².